The summed E-state index contributed by atoms with van der Waals surface area (Å²) in [6.45, 7) is 0.173. The second-order valence-electron chi connectivity index (χ2n) is 3.37. The van der Waals surface area contributed by atoms with Gasteiger partial charge in [0, 0.05) is 4.88 Å². The van der Waals surface area contributed by atoms with Crippen LogP contribution in [0.2, 0.25) is 0 Å². The van der Waals surface area contributed by atoms with Crippen molar-refractivity contribution in [1.82, 2.24) is 5.32 Å². The standard InChI is InChI=1S/C10H12F3NO2S/c1-7(16-6-10(11,12)13)9(15)14-5-8-3-2-4-17-8/h2-4,7H,5-6H2,1H3,(H,14,15). The SMILES string of the molecule is CC(OCC(F)(F)F)C(=O)NCc1cccs1. The van der Waals surface area contributed by atoms with Crippen molar-refractivity contribution in [3.05, 3.63) is 22.4 Å². The molecule has 1 aromatic heterocycles. The second-order valence-corrected chi connectivity index (χ2v) is 4.40. The van der Waals surface area contributed by atoms with Crippen molar-refractivity contribution in [2.24, 2.45) is 0 Å². The zero-order valence-electron chi connectivity index (χ0n) is 9.08. The molecule has 0 bridgehead atoms. The molecule has 0 aliphatic rings. The summed E-state index contributed by atoms with van der Waals surface area (Å²) in [5, 5.41) is 4.35. The van der Waals surface area contributed by atoms with E-state index in [9.17, 15) is 18.0 Å². The van der Waals surface area contributed by atoms with Gasteiger partial charge < -0.3 is 10.1 Å². The largest absolute Gasteiger partial charge is 0.411 e. The average molecular weight is 267 g/mol. The van der Waals surface area contributed by atoms with Crippen molar-refractivity contribution in [3.8, 4) is 0 Å². The van der Waals surface area contributed by atoms with E-state index in [4.69, 9.17) is 0 Å². The Hall–Kier alpha value is -1.08. The van der Waals surface area contributed by atoms with Gasteiger partial charge in [-0.3, -0.25) is 4.79 Å². The lowest BCUT2D eigenvalue weighted by Crippen LogP contribution is -2.36. The lowest BCUT2D eigenvalue weighted by molar-refractivity contribution is -0.185. The molecule has 0 radical (unpaired) electrons. The van der Waals surface area contributed by atoms with E-state index < -0.39 is 24.8 Å². The van der Waals surface area contributed by atoms with E-state index in [0.29, 0.717) is 6.54 Å². The third-order valence-electron chi connectivity index (χ3n) is 1.88. The molecule has 7 heteroatoms. The van der Waals surface area contributed by atoms with E-state index in [-0.39, 0.29) is 0 Å². The van der Waals surface area contributed by atoms with Gasteiger partial charge in [0.15, 0.2) is 0 Å². The van der Waals surface area contributed by atoms with E-state index in [2.05, 4.69) is 10.1 Å². The molecule has 1 N–H and O–H groups in total. The van der Waals surface area contributed by atoms with E-state index in [1.165, 1.54) is 18.3 Å². The van der Waals surface area contributed by atoms with E-state index in [1.54, 1.807) is 0 Å². The van der Waals surface area contributed by atoms with Crippen molar-refractivity contribution >= 4 is 17.2 Å². The van der Waals surface area contributed by atoms with Gasteiger partial charge in [0.05, 0.1) is 6.54 Å². The fourth-order valence-corrected chi connectivity index (χ4v) is 1.67. The molecule has 1 heterocycles. The molecule has 1 rings (SSSR count). The Morgan fingerprint density at radius 1 is 1.59 bits per heavy atom. The van der Waals surface area contributed by atoms with Crippen LogP contribution in [0.1, 0.15) is 11.8 Å². The molecule has 96 valence electrons. The molecule has 17 heavy (non-hydrogen) atoms. The summed E-state index contributed by atoms with van der Waals surface area (Å²) in [6, 6.07) is 3.65. The third kappa shape index (κ3) is 5.69. The van der Waals surface area contributed by atoms with Gasteiger partial charge in [-0.15, -0.1) is 11.3 Å². The van der Waals surface area contributed by atoms with Gasteiger partial charge in [0.1, 0.15) is 12.7 Å². The summed E-state index contributed by atoms with van der Waals surface area (Å²) in [7, 11) is 0. The zero-order chi connectivity index (χ0) is 12.9. The van der Waals surface area contributed by atoms with Crippen molar-refractivity contribution in [3.63, 3.8) is 0 Å². The molecular weight excluding hydrogens is 255 g/mol. The Labute approximate surface area is 101 Å². The maximum absolute atomic E-state index is 11.8. The molecule has 0 spiro atoms. The quantitative estimate of drug-likeness (QED) is 0.889. The molecule has 1 amide bonds. The molecular formula is C10H12F3NO2S. The van der Waals surface area contributed by atoms with E-state index >= 15 is 0 Å². The number of carbonyl (C=O) groups is 1. The molecule has 1 aromatic rings. The summed E-state index contributed by atoms with van der Waals surface area (Å²) in [5.41, 5.74) is 0. The van der Waals surface area contributed by atoms with Crippen LogP contribution in [0.15, 0.2) is 17.5 Å². The van der Waals surface area contributed by atoms with Gasteiger partial charge in [0.25, 0.3) is 0 Å². The van der Waals surface area contributed by atoms with Crippen LogP contribution in [0.4, 0.5) is 13.2 Å². The topological polar surface area (TPSA) is 38.3 Å². The summed E-state index contributed by atoms with van der Waals surface area (Å²) < 4.78 is 39.9. The number of nitrogens with one attached hydrogen (secondary N) is 1. The maximum Gasteiger partial charge on any atom is 0.411 e. The predicted octanol–water partition coefficient (Wildman–Crippen LogP) is 2.33. The van der Waals surface area contributed by atoms with Gasteiger partial charge >= 0.3 is 6.18 Å². The highest BCUT2D eigenvalue weighted by Gasteiger charge is 2.29. The maximum atomic E-state index is 11.8. The molecule has 1 atom stereocenters. The first-order valence-corrected chi connectivity index (χ1v) is 5.75. The van der Waals surface area contributed by atoms with E-state index in [1.807, 2.05) is 17.5 Å². The predicted molar refractivity (Wildman–Crippen MR) is 57.6 cm³/mol. The second kappa shape index (κ2) is 6.02. The minimum Gasteiger partial charge on any atom is -0.359 e. The number of thiophene rings is 1. The fourth-order valence-electron chi connectivity index (χ4n) is 1.03. The van der Waals surface area contributed by atoms with Gasteiger partial charge in [-0.2, -0.15) is 13.2 Å². The Balaban J connectivity index is 2.27. The number of hydrogen-bond donors (Lipinski definition) is 1. The van der Waals surface area contributed by atoms with Crippen molar-refractivity contribution in [1.29, 1.82) is 0 Å². The van der Waals surface area contributed by atoms with Crippen LogP contribution in [-0.2, 0) is 16.1 Å². The average Bonchev–Trinajstić information content (AvgIpc) is 2.74. The molecule has 0 aliphatic heterocycles. The Bertz CT molecular complexity index is 351. The summed E-state index contributed by atoms with van der Waals surface area (Å²) in [6.07, 6.45) is -5.53. The van der Waals surface area contributed by atoms with Gasteiger partial charge in [-0.05, 0) is 18.4 Å². The van der Waals surface area contributed by atoms with Gasteiger partial charge in [0.2, 0.25) is 5.91 Å². The normalized spacial score (nSPS) is 13.4. The third-order valence-corrected chi connectivity index (χ3v) is 2.76. The molecule has 0 aromatic carbocycles. The highest BCUT2D eigenvalue weighted by molar-refractivity contribution is 7.09. The van der Waals surface area contributed by atoms with Crippen molar-refractivity contribution < 1.29 is 22.7 Å². The molecule has 3 nitrogen and oxygen atoms in total. The van der Waals surface area contributed by atoms with Crippen LogP contribution in [-0.4, -0.2) is 24.8 Å². The minimum atomic E-state index is -4.41. The van der Waals surface area contributed by atoms with E-state index in [0.717, 1.165) is 4.88 Å². The molecule has 0 saturated heterocycles. The smallest absolute Gasteiger partial charge is 0.359 e. The number of carbonyl (C=O) groups excluding carboxylic acids is 1. The number of hydrogen-bond acceptors (Lipinski definition) is 3. The Morgan fingerprint density at radius 2 is 2.29 bits per heavy atom. The summed E-state index contributed by atoms with van der Waals surface area (Å²) in [4.78, 5) is 12.3. The number of halogens is 3. The van der Waals surface area contributed by atoms with Gasteiger partial charge in [-0.25, -0.2) is 0 Å². The van der Waals surface area contributed by atoms with Crippen LogP contribution in [0, 0.1) is 0 Å². The monoisotopic (exact) mass is 267 g/mol. The number of ether oxygens (including phenoxy) is 1. The lowest BCUT2D eigenvalue weighted by Gasteiger charge is -2.14. The Kier molecular flexibility index (Phi) is 4.95. The minimum absolute atomic E-state index is 0.302. The molecule has 1 unspecified atom stereocenters. The van der Waals surface area contributed by atoms with Crippen LogP contribution in [0.3, 0.4) is 0 Å². The van der Waals surface area contributed by atoms with Crippen molar-refractivity contribution in [2.75, 3.05) is 6.61 Å². The number of alkyl halides is 3. The Morgan fingerprint density at radius 3 is 2.82 bits per heavy atom. The molecule has 0 saturated carbocycles. The van der Waals surface area contributed by atoms with Crippen LogP contribution in [0.5, 0.6) is 0 Å². The van der Waals surface area contributed by atoms with Crippen LogP contribution >= 0.6 is 11.3 Å². The van der Waals surface area contributed by atoms with Crippen molar-refractivity contribution in [2.45, 2.75) is 25.7 Å². The highest BCUT2D eigenvalue weighted by atomic mass is 32.1. The van der Waals surface area contributed by atoms with Crippen LogP contribution in [0.25, 0.3) is 0 Å². The molecule has 0 fully saturated rings. The first-order chi connectivity index (χ1) is 7.88. The summed E-state index contributed by atoms with van der Waals surface area (Å²) in [5.74, 6) is -0.553. The zero-order valence-corrected chi connectivity index (χ0v) is 9.90. The number of amides is 1. The highest BCUT2D eigenvalue weighted by Crippen LogP contribution is 2.15. The molecule has 0 aliphatic carbocycles. The van der Waals surface area contributed by atoms with Gasteiger partial charge in [-0.1, -0.05) is 6.07 Å². The number of rotatable bonds is 5. The lowest BCUT2D eigenvalue weighted by atomic mass is 10.3. The first kappa shape index (κ1) is 14.0. The summed E-state index contributed by atoms with van der Waals surface area (Å²) >= 11 is 1.46. The first-order valence-electron chi connectivity index (χ1n) is 4.87. The van der Waals surface area contributed by atoms with Crippen LogP contribution < -0.4 is 5.32 Å². The fraction of sp³-hybridized carbons (Fsp3) is 0.500.